The summed E-state index contributed by atoms with van der Waals surface area (Å²) in [6.45, 7) is 0.694. The first-order valence-electron chi connectivity index (χ1n) is 9.46. The van der Waals surface area contributed by atoms with Gasteiger partial charge >= 0.3 is 0 Å². The van der Waals surface area contributed by atoms with Crippen molar-refractivity contribution in [3.8, 4) is 5.75 Å². The predicted molar refractivity (Wildman–Crippen MR) is 119 cm³/mol. The van der Waals surface area contributed by atoms with E-state index in [4.69, 9.17) is 39.3 Å². The summed E-state index contributed by atoms with van der Waals surface area (Å²) < 4.78 is 5.43. The fraction of sp³-hybridized carbons (Fsp3) is 0.316. The number of carbonyl (C=O) groups is 2. The maximum atomic E-state index is 12.2. The lowest BCUT2D eigenvalue weighted by Gasteiger charge is -2.07. The number of rotatable bonds is 10. The van der Waals surface area contributed by atoms with E-state index in [1.807, 2.05) is 24.3 Å². The van der Waals surface area contributed by atoms with Crippen LogP contribution in [0.5, 0.6) is 5.75 Å². The van der Waals surface area contributed by atoms with Crippen LogP contribution in [0.3, 0.4) is 0 Å². The van der Waals surface area contributed by atoms with Crippen LogP contribution in [0, 0.1) is 0 Å². The van der Waals surface area contributed by atoms with Gasteiger partial charge in [-0.3, -0.25) is 19.9 Å². The van der Waals surface area contributed by atoms with Crippen molar-refractivity contribution in [3.05, 3.63) is 40.7 Å². The highest BCUT2D eigenvalue weighted by molar-refractivity contribution is 6.31. The molecule has 0 aliphatic heterocycles. The first-order valence-corrected chi connectivity index (χ1v) is 9.84. The molecule has 0 aliphatic rings. The van der Waals surface area contributed by atoms with Crippen molar-refractivity contribution in [2.24, 2.45) is 16.5 Å². The zero-order valence-electron chi connectivity index (χ0n) is 16.8. The molecule has 1 heterocycles. The van der Waals surface area contributed by atoms with Crippen molar-refractivity contribution in [1.29, 1.82) is 0 Å². The molecule has 1 aromatic heterocycles. The van der Waals surface area contributed by atoms with Gasteiger partial charge in [-0.15, -0.1) is 0 Å². The van der Waals surface area contributed by atoms with Gasteiger partial charge in [0.1, 0.15) is 5.75 Å². The summed E-state index contributed by atoms with van der Waals surface area (Å²) >= 11 is 5.76. The molecule has 12 heteroatoms. The van der Waals surface area contributed by atoms with Crippen LogP contribution in [0.15, 0.2) is 29.3 Å². The monoisotopic (exact) mass is 448 g/mol. The van der Waals surface area contributed by atoms with E-state index < -0.39 is 11.8 Å². The minimum atomic E-state index is -0.675. The average molecular weight is 449 g/mol. The number of halogens is 1. The van der Waals surface area contributed by atoms with Crippen LogP contribution >= 0.6 is 11.6 Å². The Morgan fingerprint density at radius 3 is 2.45 bits per heavy atom. The third-order valence-electron chi connectivity index (χ3n) is 4.06. The molecule has 166 valence electrons. The van der Waals surface area contributed by atoms with E-state index in [1.165, 1.54) is 0 Å². The van der Waals surface area contributed by atoms with Gasteiger partial charge in [0.15, 0.2) is 28.4 Å². The van der Waals surface area contributed by atoms with E-state index in [9.17, 15) is 9.59 Å². The first-order chi connectivity index (χ1) is 14.8. The number of carbonyl (C=O) groups excluding carboxylic acids is 2. The van der Waals surface area contributed by atoms with Crippen LogP contribution in [-0.4, -0.2) is 40.9 Å². The lowest BCUT2D eigenvalue weighted by Crippen LogP contribution is -2.38. The largest absolute Gasteiger partial charge is 0.493 e. The van der Waals surface area contributed by atoms with Gasteiger partial charge < -0.3 is 27.7 Å². The van der Waals surface area contributed by atoms with Gasteiger partial charge in [-0.1, -0.05) is 23.7 Å². The maximum Gasteiger partial charge on any atom is 0.280 e. The van der Waals surface area contributed by atoms with E-state index in [2.05, 4.69) is 20.3 Å². The number of hydrogen-bond acceptors (Lipinski definition) is 8. The summed E-state index contributed by atoms with van der Waals surface area (Å²) in [4.78, 5) is 34.5. The second kappa shape index (κ2) is 11.6. The number of aliphatic imine (C=N–C) groups is 1. The first kappa shape index (κ1) is 23.7. The SMILES string of the molecule is NC(=O)CCOc1ccc(CCCCN=C(N)NC(=O)c2nc(Cl)c(N)nc2N)cc1. The number of aryl methyl sites for hydroxylation is 1. The van der Waals surface area contributed by atoms with E-state index in [1.54, 1.807) is 0 Å². The Hall–Kier alpha value is -3.60. The third kappa shape index (κ3) is 7.97. The van der Waals surface area contributed by atoms with Crippen molar-refractivity contribution >= 4 is 41.0 Å². The molecule has 0 atom stereocenters. The quantitative estimate of drug-likeness (QED) is 0.198. The number of benzene rings is 1. The number of nitrogen functional groups attached to an aromatic ring is 2. The van der Waals surface area contributed by atoms with Crippen molar-refractivity contribution in [2.45, 2.75) is 25.7 Å². The molecule has 0 fully saturated rings. The van der Waals surface area contributed by atoms with E-state index >= 15 is 0 Å². The Balaban J connectivity index is 1.72. The number of anilines is 2. The molecule has 0 saturated carbocycles. The fourth-order valence-corrected chi connectivity index (χ4v) is 2.61. The number of nitrogens with one attached hydrogen (secondary N) is 1. The average Bonchev–Trinajstić information content (AvgIpc) is 2.71. The number of primary amides is 1. The lowest BCUT2D eigenvalue weighted by atomic mass is 10.1. The molecule has 31 heavy (non-hydrogen) atoms. The van der Waals surface area contributed by atoms with Crippen LogP contribution in [-0.2, 0) is 11.2 Å². The van der Waals surface area contributed by atoms with Crippen molar-refractivity contribution in [3.63, 3.8) is 0 Å². The number of amides is 2. The lowest BCUT2D eigenvalue weighted by molar-refractivity contribution is -0.118. The number of nitrogens with two attached hydrogens (primary N) is 4. The van der Waals surface area contributed by atoms with Gasteiger partial charge in [-0.05, 0) is 37.0 Å². The van der Waals surface area contributed by atoms with Crippen LogP contribution in [0.25, 0.3) is 0 Å². The van der Waals surface area contributed by atoms with Crippen LogP contribution in [0.2, 0.25) is 5.15 Å². The summed E-state index contributed by atoms with van der Waals surface area (Å²) in [7, 11) is 0. The number of hydrogen-bond donors (Lipinski definition) is 5. The highest BCUT2D eigenvalue weighted by Gasteiger charge is 2.16. The Morgan fingerprint density at radius 1 is 1.06 bits per heavy atom. The van der Waals surface area contributed by atoms with Gasteiger partial charge in [0.25, 0.3) is 5.91 Å². The Labute approximate surface area is 184 Å². The zero-order valence-corrected chi connectivity index (χ0v) is 17.6. The third-order valence-corrected chi connectivity index (χ3v) is 4.34. The van der Waals surface area contributed by atoms with Crippen LogP contribution < -0.4 is 33.0 Å². The number of nitrogens with zero attached hydrogens (tertiary/aromatic N) is 3. The second-order valence-corrected chi connectivity index (χ2v) is 6.88. The molecule has 0 unspecified atom stereocenters. The van der Waals surface area contributed by atoms with Gasteiger partial charge in [0, 0.05) is 6.54 Å². The van der Waals surface area contributed by atoms with Gasteiger partial charge in [0.2, 0.25) is 5.91 Å². The maximum absolute atomic E-state index is 12.2. The predicted octanol–water partition coefficient (Wildman–Crippen LogP) is 0.616. The Bertz CT molecular complexity index is 950. The molecule has 1 aromatic carbocycles. The Morgan fingerprint density at radius 2 is 1.77 bits per heavy atom. The molecule has 2 rings (SSSR count). The molecule has 0 saturated heterocycles. The second-order valence-electron chi connectivity index (χ2n) is 6.52. The van der Waals surface area contributed by atoms with Crippen LogP contribution in [0.1, 0.15) is 35.3 Å². The highest BCUT2D eigenvalue weighted by atomic mass is 35.5. The van der Waals surface area contributed by atoms with Gasteiger partial charge in [-0.2, -0.15) is 0 Å². The molecule has 11 nitrogen and oxygen atoms in total. The van der Waals surface area contributed by atoms with Gasteiger partial charge in [0.05, 0.1) is 13.0 Å². The molecule has 2 amide bonds. The number of unbranched alkanes of at least 4 members (excludes halogenated alkanes) is 1. The summed E-state index contributed by atoms with van der Waals surface area (Å²) in [5, 5.41) is 2.26. The van der Waals surface area contributed by atoms with Crippen molar-refractivity contribution in [1.82, 2.24) is 15.3 Å². The van der Waals surface area contributed by atoms with Gasteiger partial charge in [-0.25, -0.2) is 9.97 Å². The molecule has 9 N–H and O–H groups in total. The standard InChI is InChI=1S/C19H25ClN8O3/c20-15-17(23)27-16(22)14(26-15)18(30)28-19(24)25-9-2-1-3-11-4-6-12(7-5-11)31-10-8-13(21)29/h4-7H,1-3,8-10H2,(H2,21,29)(H4,22,23,27)(H3,24,25,28,30). The Kier molecular flexibility index (Phi) is 8.82. The summed E-state index contributed by atoms with van der Waals surface area (Å²) in [6.07, 6.45) is 2.67. The summed E-state index contributed by atoms with van der Waals surface area (Å²) in [5.41, 5.74) is 22.9. The normalized spacial score (nSPS) is 11.2. The molecular formula is C19H25ClN8O3. The van der Waals surface area contributed by atoms with E-state index in [0.717, 1.165) is 24.8 Å². The zero-order chi connectivity index (χ0) is 22.8. The minimum absolute atomic E-state index is 0.0587. The molecule has 0 aliphatic carbocycles. The molecule has 0 bridgehead atoms. The summed E-state index contributed by atoms with van der Waals surface area (Å²) in [6, 6.07) is 7.61. The smallest absolute Gasteiger partial charge is 0.280 e. The van der Waals surface area contributed by atoms with E-state index in [-0.39, 0.29) is 41.5 Å². The van der Waals surface area contributed by atoms with E-state index in [0.29, 0.717) is 12.3 Å². The topological polar surface area (TPSA) is 198 Å². The van der Waals surface area contributed by atoms with Crippen LogP contribution in [0.4, 0.5) is 11.6 Å². The molecule has 0 spiro atoms. The summed E-state index contributed by atoms with van der Waals surface area (Å²) in [5.74, 6) is -0.667. The molecule has 2 aromatic rings. The van der Waals surface area contributed by atoms with Crippen molar-refractivity contribution < 1.29 is 14.3 Å². The molecular weight excluding hydrogens is 424 g/mol. The highest BCUT2D eigenvalue weighted by Crippen LogP contribution is 2.17. The van der Waals surface area contributed by atoms with Crippen molar-refractivity contribution in [2.75, 3.05) is 24.6 Å². The number of aromatic nitrogens is 2. The fourth-order valence-electron chi connectivity index (χ4n) is 2.49. The number of guanidine groups is 1. The molecule has 0 radical (unpaired) electrons. The minimum Gasteiger partial charge on any atom is -0.493 e. The number of ether oxygens (including phenoxy) is 1.